The molecule has 4 aromatic rings. The van der Waals surface area contributed by atoms with Crippen LogP contribution in [0, 0.1) is 27.7 Å². The average Bonchev–Trinajstić information content (AvgIpc) is 2.80. The molecule has 0 aromatic heterocycles. The van der Waals surface area contributed by atoms with Gasteiger partial charge in [-0.15, -0.1) is 0 Å². The largest absolute Gasteiger partial charge is 0.503 e. The van der Waals surface area contributed by atoms with E-state index in [2.05, 4.69) is 111 Å². The first-order valence-electron chi connectivity index (χ1n) is 11.0. The highest BCUT2D eigenvalue weighted by atomic mass is 16.6. The van der Waals surface area contributed by atoms with Crippen LogP contribution in [0.15, 0.2) is 97.1 Å². The lowest BCUT2D eigenvalue weighted by Gasteiger charge is -2.11. The van der Waals surface area contributed by atoms with E-state index in [0.29, 0.717) is 0 Å². The second kappa shape index (κ2) is 13.3. The lowest BCUT2D eigenvalue weighted by Crippen LogP contribution is -1.94. The molecule has 176 valence electrons. The molecule has 0 atom stereocenters. The van der Waals surface area contributed by atoms with Gasteiger partial charge in [-0.3, -0.25) is 0 Å². The van der Waals surface area contributed by atoms with Gasteiger partial charge < -0.3 is 20.8 Å². The van der Waals surface area contributed by atoms with Crippen molar-refractivity contribution in [3.05, 3.63) is 119 Å². The van der Waals surface area contributed by atoms with Crippen molar-refractivity contribution in [1.29, 1.82) is 0 Å². The standard InChI is InChI=1S/2C14H15N.CH2O3/c2*1-11-7-3-5-9-13(11)15-14-10-6-4-8-12(14)2;2-1(3)4/h2*3-10,15H,1-2H3;(H2,2,3,4). The van der Waals surface area contributed by atoms with Crippen molar-refractivity contribution >= 4 is 28.9 Å². The molecule has 5 heteroatoms. The summed E-state index contributed by atoms with van der Waals surface area (Å²) >= 11 is 0. The predicted octanol–water partition coefficient (Wildman–Crippen LogP) is 8.32. The van der Waals surface area contributed by atoms with Gasteiger partial charge in [-0.2, -0.15) is 0 Å². The zero-order chi connectivity index (χ0) is 24.9. The van der Waals surface area contributed by atoms with Gasteiger partial charge in [0.25, 0.3) is 0 Å². The molecule has 0 saturated carbocycles. The number of nitrogens with one attached hydrogen (secondary N) is 2. The van der Waals surface area contributed by atoms with Crippen LogP contribution < -0.4 is 10.6 Å². The molecule has 0 amide bonds. The van der Waals surface area contributed by atoms with Crippen LogP contribution in [0.3, 0.4) is 0 Å². The Bertz CT molecular complexity index is 1030. The minimum Gasteiger partial charge on any atom is -0.450 e. The zero-order valence-electron chi connectivity index (χ0n) is 20.0. The Labute approximate surface area is 201 Å². The van der Waals surface area contributed by atoms with Crippen molar-refractivity contribution in [3.8, 4) is 0 Å². The second-order valence-electron chi connectivity index (χ2n) is 7.79. The molecule has 0 radical (unpaired) electrons. The SMILES string of the molecule is Cc1ccccc1Nc1ccccc1C.Cc1ccccc1Nc1ccccc1C.O=C(O)O. The molecule has 0 saturated heterocycles. The van der Waals surface area contributed by atoms with Crippen molar-refractivity contribution in [1.82, 2.24) is 0 Å². The molecule has 0 aliphatic carbocycles. The number of anilines is 4. The Hall–Kier alpha value is -4.25. The molecule has 4 aromatic carbocycles. The number of hydrogen-bond donors (Lipinski definition) is 4. The van der Waals surface area contributed by atoms with Gasteiger partial charge in [-0.1, -0.05) is 72.8 Å². The third-order valence-electron chi connectivity index (χ3n) is 5.12. The zero-order valence-corrected chi connectivity index (χ0v) is 20.0. The van der Waals surface area contributed by atoms with E-state index in [1.54, 1.807) is 0 Å². The first kappa shape index (κ1) is 26.0. The van der Waals surface area contributed by atoms with Gasteiger partial charge in [0.2, 0.25) is 0 Å². The third kappa shape index (κ3) is 8.71. The summed E-state index contributed by atoms with van der Waals surface area (Å²) in [5, 5.41) is 20.8. The maximum atomic E-state index is 8.56. The van der Waals surface area contributed by atoms with Gasteiger partial charge in [0.05, 0.1) is 0 Å². The van der Waals surface area contributed by atoms with Crippen molar-refractivity contribution < 1.29 is 15.0 Å². The first-order chi connectivity index (χ1) is 16.3. The third-order valence-corrected chi connectivity index (χ3v) is 5.12. The van der Waals surface area contributed by atoms with Gasteiger partial charge in [-0.25, -0.2) is 4.79 Å². The summed E-state index contributed by atoms with van der Waals surface area (Å²) in [5.41, 5.74) is 9.75. The molecule has 0 aliphatic heterocycles. The van der Waals surface area contributed by atoms with Gasteiger partial charge in [0, 0.05) is 22.7 Å². The van der Waals surface area contributed by atoms with Crippen LogP contribution in [-0.2, 0) is 0 Å². The fourth-order valence-corrected chi connectivity index (χ4v) is 3.14. The lowest BCUT2D eigenvalue weighted by molar-refractivity contribution is 0.137. The predicted molar refractivity (Wildman–Crippen MR) is 142 cm³/mol. The Kier molecular flexibility index (Phi) is 10.2. The van der Waals surface area contributed by atoms with Gasteiger partial charge in [-0.05, 0) is 74.2 Å². The quantitative estimate of drug-likeness (QED) is 0.248. The molecular weight excluding hydrogens is 424 g/mol. The van der Waals surface area contributed by atoms with Crippen molar-refractivity contribution in [2.75, 3.05) is 10.6 Å². The van der Waals surface area contributed by atoms with Crippen molar-refractivity contribution in [2.24, 2.45) is 0 Å². The highest BCUT2D eigenvalue weighted by Crippen LogP contribution is 2.23. The molecule has 5 nitrogen and oxygen atoms in total. The fraction of sp³-hybridized carbons (Fsp3) is 0.138. The number of rotatable bonds is 4. The molecule has 0 spiro atoms. The summed E-state index contributed by atoms with van der Waals surface area (Å²) in [6.45, 7) is 8.45. The highest BCUT2D eigenvalue weighted by Gasteiger charge is 2.00. The topological polar surface area (TPSA) is 81.6 Å². The molecule has 0 heterocycles. The van der Waals surface area contributed by atoms with Gasteiger partial charge in [0.15, 0.2) is 0 Å². The van der Waals surface area contributed by atoms with Gasteiger partial charge >= 0.3 is 6.16 Å². The number of benzene rings is 4. The lowest BCUT2D eigenvalue weighted by atomic mass is 10.1. The fourth-order valence-electron chi connectivity index (χ4n) is 3.14. The van der Waals surface area contributed by atoms with Crippen LogP contribution in [0.1, 0.15) is 22.3 Å². The number of carbonyl (C=O) groups is 1. The summed E-state index contributed by atoms with van der Waals surface area (Å²) in [6.07, 6.45) is -1.83. The minimum absolute atomic E-state index is 1.17. The van der Waals surface area contributed by atoms with E-state index in [1.165, 1.54) is 45.0 Å². The van der Waals surface area contributed by atoms with Crippen LogP contribution in [0.5, 0.6) is 0 Å². The number of hydrogen-bond acceptors (Lipinski definition) is 3. The second-order valence-corrected chi connectivity index (χ2v) is 7.79. The summed E-state index contributed by atoms with van der Waals surface area (Å²) in [7, 11) is 0. The van der Waals surface area contributed by atoms with Crippen molar-refractivity contribution in [3.63, 3.8) is 0 Å². The Morgan fingerprint density at radius 3 is 0.824 bits per heavy atom. The van der Waals surface area contributed by atoms with Crippen molar-refractivity contribution in [2.45, 2.75) is 27.7 Å². The van der Waals surface area contributed by atoms with Crippen LogP contribution in [-0.4, -0.2) is 16.4 Å². The Morgan fingerprint density at radius 1 is 0.471 bits per heavy atom. The normalized spacial score (nSPS) is 9.53. The van der Waals surface area contributed by atoms with Crippen LogP contribution >= 0.6 is 0 Å². The number of aryl methyl sites for hydroxylation is 4. The molecule has 4 rings (SSSR count). The maximum absolute atomic E-state index is 8.56. The van der Waals surface area contributed by atoms with E-state index < -0.39 is 6.16 Å². The van der Waals surface area contributed by atoms with E-state index in [0.717, 1.165) is 0 Å². The van der Waals surface area contributed by atoms with E-state index in [9.17, 15) is 0 Å². The summed E-state index contributed by atoms with van der Waals surface area (Å²) < 4.78 is 0. The van der Waals surface area contributed by atoms with E-state index in [4.69, 9.17) is 15.0 Å². The maximum Gasteiger partial charge on any atom is 0.503 e. The molecule has 0 aliphatic rings. The molecule has 0 unspecified atom stereocenters. The number of para-hydroxylation sites is 4. The summed E-state index contributed by atoms with van der Waals surface area (Å²) in [5.74, 6) is 0. The summed E-state index contributed by atoms with van der Waals surface area (Å²) in [6, 6.07) is 33.3. The molecule has 0 fully saturated rings. The molecule has 4 N–H and O–H groups in total. The van der Waals surface area contributed by atoms with Crippen LogP contribution in [0.25, 0.3) is 0 Å². The smallest absolute Gasteiger partial charge is 0.450 e. The van der Waals surface area contributed by atoms with E-state index in [1.807, 2.05) is 24.3 Å². The Balaban J connectivity index is 0.000000208. The van der Waals surface area contributed by atoms with E-state index >= 15 is 0 Å². The number of carboxylic acid groups (broad SMARTS) is 2. The van der Waals surface area contributed by atoms with Crippen LogP contribution in [0.4, 0.5) is 27.5 Å². The summed E-state index contributed by atoms with van der Waals surface area (Å²) in [4.78, 5) is 8.56. The minimum atomic E-state index is -1.83. The first-order valence-corrected chi connectivity index (χ1v) is 11.0. The average molecular weight is 457 g/mol. The van der Waals surface area contributed by atoms with E-state index in [-0.39, 0.29) is 0 Å². The monoisotopic (exact) mass is 456 g/mol. The van der Waals surface area contributed by atoms with Crippen LogP contribution in [0.2, 0.25) is 0 Å². The van der Waals surface area contributed by atoms with Gasteiger partial charge in [0.1, 0.15) is 0 Å². The highest BCUT2D eigenvalue weighted by molar-refractivity contribution is 5.66. The molecule has 34 heavy (non-hydrogen) atoms. The molecule has 0 bridgehead atoms. The Morgan fingerprint density at radius 2 is 0.647 bits per heavy atom. The molecular formula is C29H32N2O3.